The van der Waals surface area contributed by atoms with Gasteiger partial charge in [-0.3, -0.25) is 0 Å². The van der Waals surface area contributed by atoms with Crippen LogP contribution in [0.4, 0.5) is 0 Å². The van der Waals surface area contributed by atoms with E-state index in [1.807, 2.05) is 0 Å². The Morgan fingerprint density at radius 3 is 2.48 bits per heavy atom. The van der Waals surface area contributed by atoms with Crippen LogP contribution in [0.25, 0.3) is 0 Å². The van der Waals surface area contributed by atoms with Crippen LogP contribution in [-0.2, 0) is 29.5 Å². The van der Waals surface area contributed by atoms with Crippen molar-refractivity contribution in [2.45, 2.75) is 65.3 Å². The van der Waals surface area contributed by atoms with Crippen LogP contribution in [0, 0.1) is 6.92 Å². The van der Waals surface area contributed by atoms with E-state index < -0.39 is 0 Å². The van der Waals surface area contributed by atoms with Crippen LogP contribution in [0.1, 0.15) is 61.8 Å². The Bertz CT molecular complexity index is 822. The van der Waals surface area contributed by atoms with Crippen molar-refractivity contribution >= 4 is 29.9 Å². The number of hydrogen-bond donors (Lipinski definition) is 2. The molecule has 1 fully saturated rings. The number of rotatable bonds is 8. The van der Waals surface area contributed by atoms with Crippen LogP contribution in [0.3, 0.4) is 0 Å². The number of halogens is 1. The highest BCUT2D eigenvalue weighted by atomic mass is 127. The van der Waals surface area contributed by atoms with Gasteiger partial charge in [-0.25, -0.2) is 4.99 Å². The number of aromatic nitrogens is 1. The third-order valence-electron chi connectivity index (χ3n) is 6.11. The molecule has 1 aromatic heterocycles. The summed E-state index contributed by atoms with van der Waals surface area (Å²) in [5.41, 5.74) is 4.94. The van der Waals surface area contributed by atoms with Crippen LogP contribution in [0.2, 0.25) is 0 Å². The number of guanidine groups is 1. The Morgan fingerprint density at radius 2 is 1.84 bits per heavy atom. The maximum Gasteiger partial charge on any atom is 0.191 e. The Kier molecular flexibility index (Phi) is 10.3. The summed E-state index contributed by atoms with van der Waals surface area (Å²) in [6, 6.07) is 8.73. The Labute approximate surface area is 203 Å². The van der Waals surface area contributed by atoms with E-state index in [9.17, 15) is 0 Å². The normalized spacial score (nSPS) is 15.9. The largest absolute Gasteiger partial charge is 0.381 e. The Hall–Kier alpha value is -1.61. The second-order valence-electron chi connectivity index (χ2n) is 7.99. The van der Waals surface area contributed by atoms with Crippen molar-refractivity contribution in [3.8, 4) is 0 Å². The molecule has 0 unspecified atom stereocenters. The van der Waals surface area contributed by atoms with Gasteiger partial charge in [-0.1, -0.05) is 43.3 Å². The monoisotopic (exact) mass is 540 g/mol. The molecule has 3 rings (SSSR count). The minimum atomic E-state index is 0. The first-order valence-corrected chi connectivity index (χ1v) is 11.3. The molecule has 1 aliphatic rings. The average Bonchev–Trinajstić information content (AvgIpc) is 3.18. The van der Waals surface area contributed by atoms with Crippen LogP contribution in [0.5, 0.6) is 0 Å². The van der Waals surface area contributed by atoms with E-state index in [1.54, 1.807) is 0 Å². The number of nitrogens with zero attached hydrogens (tertiary/aromatic N) is 2. The van der Waals surface area contributed by atoms with Gasteiger partial charge in [-0.15, -0.1) is 24.0 Å². The smallest absolute Gasteiger partial charge is 0.191 e. The van der Waals surface area contributed by atoms with Gasteiger partial charge in [0.1, 0.15) is 5.76 Å². The van der Waals surface area contributed by atoms with Gasteiger partial charge in [0.25, 0.3) is 0 Å². The highest BCUT2D eigenvalue weighted by Crippen LogP contribution is 2.36. The maximum atomic E-state index is 5.70. The van der Waals surface area contributed by atoms with E-state index in [1.165, 1.54) is 11.1 Å². The van der Waals surface area contributed by atoms with Gasteiger partial charge in [0.2, 0.25) is 0 Å². The molecule has 2 aromatic rings. The van der Waals surface area contributed by atoms with Crippen molar-refractivity contribution in [1.82, 2.24) is 15.8 Å². The second-order valence-corrected chi connectivity index (χ2v) is 7.99. The first-order chi connectivity index (χ1) is 14.6. The molecule has 172 valence electrons. The van der Waals surface area contributed by atoms with Crippen molar-refractivity contribution in [2.75, 3.05) is 26.3 Å². The summed E-state index contributed by atoms with van der Waals surface area (Å²) < 4.78 is 11.2. The highest BCUT2D eigenvalue weighted by Gasteiger charge is 2.35. The molecule has 1 aromatic carbocycles. The molecule has 1 saturated heterocycles. The van der Waals surface area contributed by atoms with E-state index in [2.05, 4.69) is 67.8 Å². The number of ether oxygens (including phenoxy) is 1. The average molecular weight is 540 g/mol. The van der Waals surface area contributed by atoms with Gasteiger partial charge < -0.3 is 19.9 Å². The molecule has 1 aliphatic heterocycles. The standard InChI is InChI=1S/C24H36N4O2.HI/c1-5-21-19(22(6-2)30-28-21)16-26-23(25-7-3)27-17-24(12-14-29-15-13-24)20-11-9-8-10-18(20)4;/h8-11H,5-7,12-17H2,1-4H3,(H2,25,26,27);1H. The minimum Gasteiger partial charge on any atom is -0.381 e. The van der Waals surface area contributed by atoms with Gasteiger partial charge in [0.05, 0.1) is 12.2 Å². The SMILES string of the molecule is CCNC(=NCc1c(CC)noc1CC)NCC1(c2ccccc2C)CCOCC1.I. The third kappa shape index (κ3) is 6.22. The van der Waals surface area contributed by atoms with Crippen LogP contribution >= 0.6 is 24.0 Å². The van der Waals surface area contributed by atoms with Crippen LogP contribution in [-0.4, -0.2) is 37.4 Å². The predicted molar refractivity (Wildman–Crippen MR) is 136 cm³/mol. The zero-order valence-corrected chi connectivity index (χ0v) is 21.6. The summed E-state index contributed by atoms with van der Waals surface area (Å²) in [5.74, 6) is 1.77. The summed E-state index contributed by atoms with van der Waals surface area (Å²) in [6.07, 6.45) is 3.71. The Balaban J connectivity index is 0.00000341. The fourth-order valence-corrected chi connectivity index (χ4v) is 4.34. The van der Waals surface area contributed by atoms with Gasteiger partial charge in [0.15, 0.2) is 5.96 Å². The molecule has 7 heteroatoms. The lowest BCUT2D eigenvalue weighted by Crippen LogP contribution is -2.48. The van der Waals surface area contributed by atoms with Crippen LogP contribution < -0.4 is 10.6 Å². The molecule has 0 radical (unpaired) electrons. The zero-order chi connectivity index (χ0) is 21.4. The molecule has 0 bridgehead atoms. The number of aryl methyl sites for hydroxylation is 3. The van der Waals surface area contributed by atoms with Crippen molar-refractivity contribution in [1.29, 1.82) is 0 Å². The molecular formula is C24H37IN4O2. The molecule has 0 spiro atoms. The number of nitrogens with one attached hydrogen (secondary N) is 2. The molecule has 2 heterocycles. The first-order valence-electron chi connectivity index (χ1n) is 11.3. The molecule has 0 atom stereocenters. The molecule has 2 N–H and O–H groups in total. The maximum absolute atomic E-state index is 5.70. The van der Waals surface area contributed by atoms with Crippen molar-refractivity contribution < 1.29 is 9.26 Å². The second kappa shape index (κ2) is 12.4. The van der Waals surface area contributed by atoms with Gasteiger partial charge in [-0.05, 0) is 44.2 Å². The summed E-state index contributed by atoms with van der Waals surface area (Å²) in [7, 11) is 0. The molecular weight excluding hydrogens is 503 g/mol. The number of benzene rings is 1. The van der Waals surface area contributed by atoms with Crippen LogP contribution in [0.15, 0.2) is 33.8 Å². The summed E-state index contributed by atoms with van der Waals surface area (Å²) in [5, 5.41) is 11.2. The summed E-state index contributed by atoms with van der Waals surface area (Å²) in [4.78, 5) is 4.87. The van der Waals surface area contributed by atoms with Crippen molar-refractivity contribution in [2.24, 2.45) is 4.99 Å². The van der Waals surface area contributed by atoms with E-state index in [0.29, 0.717) is 6.54 Å². The molecule has 0 amide bonds. The summed E-state index contributed by atoms with van der Waals surface area (Å²) in [6.45, 7) is 12.3. The molecule has 0 aliphatic carbocycles. The Morgan fingerprint density at radius 1 is 1.10 bits per heavy atom. The fraction of sp³-hybridized carbons (Fsp3) is 0.583. The fourth-order valence-electron chi connectivity index (χ4n) is 4.34. The van der Waals surface area contributed by atoms with Gasteiger partial charge >= 0.3 is 0 Å². The predicted octanol–water partition coefficient (Wildman–Crippen LogP) is 4.53. The third-order valence-corrected chi connectivity index (χ3v) is 6.11. The molecule has 0 saturated carbocycles. The van der Waals surface area contributed by atoms with E-state index in [0.717, 1.165) is 75.0 Å². The zero-order valence-electron chi connectivity index (χ0n) is 19.3. The quantitative estimate of drug-likeness (QED) is 0.293. The van der Waals surface area contributed by atoms with Crippen molar-refractivity contribution in [3.63, 3.8) is 0 Å². The van der Waals surface area contributed by atoms with Gasteiger partial charge in [0, 0.05) is 43.7 Å². The highest BCUT2D eigenvalue weighted by molar-refractivity contribution is 14.0. The summed E-state index contributed by atoms with van der Waals surface area (Å²) >= 11 is 0. The van der Waals surface area contributed by atoms with E-state index >= 15 is 0 Å². The number of aliphatic imine (C=N–C) groups is 1. The lowest BCUT2D eigenvalue weighted by atomic mass is 9.72. The first kappa shape index (κ1) is 25.6. The minimum absolute atomic E-state index is 0. The molecule has 6 nitrogen and oxygen atoms in total. The van der Waals surface area contributed by atoms with Crippen molar-refractivity contribution in [3.05, 3.63) is 52.4 Å². The lowest BCUT2D eigenvalue weighted by molar-refractivity contribution is 0.0512. The van der Waals surface area contributed by atoms with Gasteiger partial charge in [-0.2, -0.15) is 0 Å². The number of hydrogen-bond acceptors (Lipinski definition) is 4. The lowest BCUT2D eigenvalue weighted by Gasteiger charge is -2.39. The van der Waals surface area contributed by atoms with E-state index in [-0.39, 0.29) is 29.4 Å². The molecule has 31 heavy (non-hydrogen) atoms. The topological polar surface area (TPSA) is 71.7 Å². The van der Waals surface area contributed by atoms with E-state index in [4.69, 9.17) is 14.3 Å².